The smallest absolute Gasteiger partial charge is 0.220 e. The van der Waals surface area contributed by atoms with Gasteiger partial charge in [0.1, 0.15) is 0 Å². The van der Waals surface area contributed by atoms with Crippen LogP contribution in [0.25, 0.3) is 0 Å². The molecule has 23 heavy (non-hydrogen) atoms. The van der Waals surface area contributed by atoms with Gasteiger partial charge in [-0.3, -0.25) is 4.79 Å². The van der Waals surface area contributed by atoms with Gasteiger partial charge in [-0.05, 0) is 30.2 Å². The molecule has 2 aromatic carbocycles. The minimum atomic E-state index is -0.0484. The van der Waals surface area contributed by atoms with E-state index in [0.717, 1.165) is 17.5 Å². The van der Waals surface area contributed by atoms with E-state index in [9.17, 15) is 4.79 Å². The Kier molecular flexibility index (Phi) is 8.70. The third-order valence-corrected chi connectivity index (χ3v) is 3.92. The van der Waals surface area contributed by atoms with E-state index in [0.29, 0.717) is 24.5 Å². The third kappa shape index (κ3) is 5.87. The Bertz CT molecular complexity index is 605. The van der Waals surface area contributed by atoms with E-state index >= 15 is 0 Å². The number of halogens is 2. The van der Waals surface area contributed by atoms with Crippen molar-refractivity contribution in [1.82, 2.24) is 5.32 Å². The summed E-state index contributed by atoms with van der Waals surface area (Å²) in [6.45, 7) is 1.19. The molecule has 2 aromatic rings. The van der Waals surface area contributed by atoms with E-state index in [4.69, 9.17) is 17.3 Å². The fourth-order valence-electron chi connectivity index (χ4n) is 2.44. The van der Waals surface area contributed by atoms with E-state index in [1.165, 1.54) is 0 Å². The lowest BCUT2D eigenvalue weighted by Gasteiger charge is -2.19. The number of nitrogens with two attached hydrogens (primary N) is 1. The van der Waals surface area contributed by atoms with Crippen molar-refractivity contribution in [2.75, 3.05) is 13.1 Å². The predicted octanol–water partition coefficient (Wildman–Crippen LogP) is 3.75. The summed E-state index contributed by atoms with van der Waals surface area (Å²) in [4.78, 5) is 12.2. The lowest BCUT2D eigenvalue weighted by Crippen LogP contribution is -2.27. The molecule has 0 aliphatic rings. The standard InChI is InChI=1S/C18H21ClN2O.ClH/c19-17-10-5-4-9-15(17)16(14-7-2-1-3-8-14)13-18(22)21-12-6-11-20;/h1-5,7-10,16H,6,11-13,20H2,(H,21,22);1H. The molecule has 3 nitrogen and oxygen atoms in total. The monoisotopic (exact) mass is 352 g/mol. The van der Waals surface area contributed by atoms with Crippen molar-refractivity contribution < 1.29 is 4.79 Å². The molecule has 124 valence electrons. The second kappa shape index (κ2) is 10.3. The first-order valence-corrected chi connectivity index (χ1v) is 7.86. The number of carbonyl (C=O) groups is 1. The molecule has 1 atom stereocenters. The molecule has 0 heterocycles. The normalized spacial score (nSPS) is 11.4. The van der Waals surface area contributed by atoms with Crippen molar-refractivity contribution in [3.63, 3.8) is 0 Å². The van der Waals surface area contributed by atoms with Gasteiger partial charge in [-0.2, -0.15) is 0 Å². The van der Waals surface area contributed by atoms with Crippen molar-refractivity contribution in [2.45, 2.75) is 18.8 Å². The summed E-state index contributed by atoms with van der Waals surface area (Å²) in [5.41, 5.74) is 7.51. The van der Waals surface area contributed by atoms with Crippen molar-refractivity contribution in [1.29, 1.82) is 0 Å². The summed E-state index contributed by atoms with van der Waals surface area (Å²) in [5, 5.41) is 3.60. The molecule has 0 radical (unpaired) electrons. The summed E-state index contributed by atoms with van der Waals surface area (Å²) in [5.74, 6) is -0.0324. The average Bonchev–Trinajstić information content (AvgIpc) is 2.54. The van der Waals surface area contributed by atoms with Crippen LogP contribution in [-0.2, 0) is 4.79 Å². The van der Waals surface area contributed by atoms with E-state index in [2.05, 4.69) is 5.32 Å². The number of nitrogens with one attached hydrogen (secondary N) is 1. The Morgan fingerprint density at radius 3 is 2.39 bits per heavy atom. The Hall–Kier alpha value is -1.55. The molecule has 3 N–H and O–H groups in total. The molecule has 0 aliphatic carbocycles. The first-order valence-electron chi connectivity index (χ1n) is 7.48. The molecule has 0 spiro atoms. The van der Waals surface area contributed by atoms with E-state index < -0.39 is 0 Å². The lowest BCUT2D eigenvalue weighted by molar-refractivity contribution is -0.121. The zero-order chi connectivity index (χ0) is 15.8. The van der Waals surface area contributed by atoms with Gasteiger partial charge < -0.3 is 11.1 Å². The first kappa shape index (κ1) is 19.5. The largest absolute Gasteiger partial charge is 0.356 e. The second-order valence-corrected chi connectivity index (χ2v) is 5.59. The van der Waals surface area contributed by atoms with Crippen LogP contribution in [0.15, 0.2) is 54.6 Å². The van der Waals surface area contributed by atoms with Crippen LogP contribution >= 0.6 is 24.0 Å². The number of amides is 1. The zero-order valence-electron chi connectivity index (χ0n) is 12.9. The topological polar surface area (TPSA) is 55.1 Å². The maximum absolute atomic E-state index is 12.2. The quantitative estimate of drug-likeness (QED) is 0.745. The van der Waals surface area contributed by atoms with Gasteiger partial charge in [0.2, 0.25) is 5.91 Å². The molecule has 0 fully saturated rings. The van der Waals surface area contributed by atoms with Crippen molar-refractivity contribution in [3.05, 3.63) is 70.7 Å². The number of rotatable bonds is 7. The van der Waals surface area contributed by atoms with E-state index in [1.807, 2.05) is 54.6 Å². The highest BCUT2D eigenvalue weighted by Crippen LogP contribution is 2.32. The number of carbonyl (C=O) groups excluding carboxylic acids is 1. The summed E-state index contributed by atoms with van der Waals surface area (Å²) in [6, 6.07) is 17.7. The molecule has 0 saturated heterocycles. The van der Waals surface area contributed by atoms with Crippen LogP contribution in [0, 0.1) is 0 Å². The third-order valence-electron chi connectivity index (χ3n) is 3.58. The number of hydrogen-bond donors (Lipinski definition) is 2. The highest BCUT2D eigenvalue weighted by Gasteiger charge is 2.20. The van der Waals surface area contributed by atoms with Crippen LogP contribution in [-0.4, -0.2) is 19.0 Å². The minimum absolute atomic E-state index is 0. The number of hydrogen-bond acceptors (Lipinski definition) is 2. The predicted molar refractivity (Wildman–Crippen MR) is 98.3 cm³/mol. The SMILES string of the molecule is Cl.NCCCNC(=O)CC(c1ccccc1)c1ccccc1Cl. The second-order valence-electron chi connectivity index (χ2n) is 5.18. The molecular formula is C18H22Cl2N2O. The summed E-state index contributed by atoms with van der Waals surface area (Å²) in [6.07, 6.45) is 1.16. The molecule has 0 aliphatic heterocycles. The molecule has 0 bridgehead atoms. The van der Waals surface area contributed by atoms with Gasteiger partial charge in [-0.15, -0.1) is 12.4 Å². The maximum atomic E-state index is 12.2. The van der Waals surface area contributed by atoms with Gasteiger partial charge in [-0.25, -0.2) is 0 Å². The van der Waals surface area contributed by atoms with E-state index in [-0.39, 0.29) is 24.2 Å². The molecular weight excluding hydrogens is 331 g/mol. The highest BCUT2D eigenvalue weighted by molar-refractivity contribution is 6.31. The Balaban J connectivity index is 0.00000264. The van der Waals surface area contributed by atoms with Crippen LogP contribution < -0.4 is 11.1 Å². The molecule has 0 saturated carbocycles. The van der Waals surface area contributed by atoms with Gasteiger partial charge in [-0.1, -0.05) is 60.1 Å². The van der Waals surface area contributed by atoms with Crippen molar-refractivity contribution >= 4 is 29.9 Å². The van der Waals surface area contributed by atoms with Crippen LogP contribution in [0.4, 0.5) is 0 Å². The fourth-order valence-corrected chi connectivity index (χ4v) is 2.71. The molecule has 2 rings (SSSR count). The first-order chi connectivity index (χ1) is 10.7. The Morgan fingerprint density at radius 1 is 1.09 bits per heavy atom. The summed E-state index contributed by atoms with van der Waals surface area (Å²) in [7, 11) is 0. The van der Waals surface area contributed by atoms with Gasteiger partial charge in [0, 0.05) is 23.9 Å². The van der Waals surface area contributed by atoms with Crippen LogP contribution in [0.3, 0.4) is 0 Å². The minimum Gasteiger partial charge on any atom is -0.356 e. The lowest BCUT2D eigenvalue weighted by atomic mass is 9.88. The highest BCUT2D eigenvalue weighted by atomic mass is 35.5. The van der Waals surface area contributed by atoms with Crippen LogP contribution in [0.2, 0.25) is 5.02 Å². The zero-order valence-corrected chi connectivity index (χ0v) is 14.4. The van der Waals surface area contributed by atoms with Crippen molar-refractivity contribution in [3.8, 4) is 0 Å². The molecule has 5 heteroatoms. The Labute approximate surface area is 148 Å². The Morgan fingerprint density at radius 2 is 1.74 bits per heavy atom. The van der Waals surface area contributed by atoms with Gasteiger partial charge in [0.05, 0.1) is 0 Å². The number of benzene rings is 2. The van der Waals surface area contributed by atoms with Crippen LogP contribution in [0.1, 0.15) is 29.9 Å². The van der Waals surface area contributed by atoms with Crippen LogP contribution in [0.5, 0.6) is 0 Å². The average molecular weight is 353 g/mol. The fraction of sp³-hybridized carbons (Fsp3) is 0.278. The maximum Gasteiger partial charge on any atom is 0.220 e. The molecule has 1 amide bonds. The van der Waals surface area contributed by atoms with Gasteiger partial charge in [0.25, 0.3) is 0 Å². The van der Waals surface area contributed by atoms with E-state index in [1.54, 1.807) is 0 Å². The van der Waals surface area contributed by atoms with Gasteiger partial charge in [0.15, 0.2) is 0 Å². The van der Waals surface area contributed by atoms with Gasteiger partial charge >= 0.3 is 0 Å². The molecule has 0 aromatic heterocycles. The summed E-state index contributed by atoms with van der Waals surface area (Å²) >= 11 is 6.33. The molecule has 1 unspecified atom stereocenters. The summed E-state index contributed by atoms with van der Waals surface area (Å²) < 4.78 is 0. The van der Waals surface area contributed by atoms with Crippen molar-refractivity contribution in [2.24, 2.45) is 5.73 Å².